The summed E-state index contributed by atoms with van der Waals surface area (Å²) in [6.07, 6.45) is 4.74. The molecule has 0 spiro atoms. The molecule has 130 valence electrons. The Morgan fingerprint density at radius 3 is 2.58 bits per heavy atom. The fourth-order valence-corrected chi connectivity index (χ4v) is 2.63. The van der Waals surface area contributed by atoms with Crippen LogP contribution in [0, 0.1) is 6.92 Å². The molecule has 2 heterocycles. The summed E-state index contributed by atoms with van der Waals surface area (Å²) in [5.74, 6) is 2.01. The molecule has 6 heteroatoms. The molecule has 0 saturated carbocycles. The minimum atomic E-state index is 0.412. The van der Waals surface area contributed by atoms with Gasteiger partial charge in [0.05, 0.1) is 25.1 Å². The van der Waals surface area contributed by atoms with Gasteiger partial charge >= 0.3 is 0 Å². The molecule has 0 fully saturated rings. The molecule has 2 aromatic heterocycles. The summed E-state index contributed by atoms with van der Waals surface area (Å²) in [5, 5.41) is 3.15. The van der Waals surface area contributed by atoms with E-state index >= 15 is 0 Å². The van der Waals surface area contributed by atoms with Crippen LogP contribution in [0.5, 0.6) is 5.75 Å². The van der Waals surface area contributed by atoms with Crippen molar-refractivity contribution in [1.82, 2.24) is 9.97 Å². The van der Waals surface area contributed by atoms with Gasteiger partial charge in [0, 0.05) is 17.3 Å². The molecule has 0 unspecified atom stereocenters. The van der Waals surface area contributed by atoms with Crippen LogP contribution in [0.4, 0.5) is 11.7 Å². The van der Waals surface area contributed by atoms with Gasteiger partial charge in [0.25, 0.3) is 6.01 Å². The lowest BCUT2D eigenvalue weighted by molar-refractivity contribution is 0.415. The van der Waals surface area contributed by atoms with E-state index in [2.05, 4.69) is 15.3 Å². The summed E-state index contributed by atoms with van der Waals surface area (Å²) in [5.41, 5.74) is 3.80. The van der Waals surface area contributed by atoms with Crippen molar-refractivity contribution in [3.05, 3.63) is 66.8 Å². The highest BCUT2D eigenvalue weighted by Gasteiger charge is 2.12. The fourth-order valence-electron chi connectivity index (χ4n) is 2.63. The maximum absolute atomic E-state index is 5.80. The quantitative estimate of drug-likeness (QED) is 0.544. The molecule has 0 aliphatic carbocycles. The molecule has 4 aromatic rings. The van der Waals surface area contributed by atoms with E-state index in [9.17, 15) is 0 Å². The number of methoxy groups -OCH3 is 1. The van der Waals surface area contributed by atoms with Gasteiger partial charge in [0.1, 0.15) is 5.75 Å². The van der Waals surface area contributed by atoms with Crippen molar-refractivity contribution in [3.8, 4) is 28.4 Å². The number of hydrogen-bond donors (Lipinski definition) is 1. The van der Waals surface area contributed by atoms with E-state index in [4.69, 9.17) is 13.6 Å². The molecule has 0 bridgehead atoms. The van der Waals surface area contributed by atoms with Crippen LogP contribution in [-0.2, 0) is 0 Å². The predicted molar refractivity (Wildman–Crippen MR) is 98.4 cm³/mol. The molecule has 4 rings (SSSR count). The number of rotatable bonds is 5. The second-order valence-corrected chi connectivity index (χ2v) is 5.80. The molecule has 0 amide bonds. The Labute approximate surface area is 150 Å². The molecular formula is C20H17N3O3. The van der Waals surface area contributed by atoms with Gasteiger partial charge in [-0.3, -0.25) is 0 Å². The standard InChI is InChI=1S/C20H17N3O3/c1-13-3-5-14(6-4-13)18-11-22-20(26-18)23-15-7-8-16(17(9-15)24-2)19-10-21-12-25-19/h3-12H,1-2H3,(H,22,23). The van der Waals surface area contributed by atoms with Crippen molar-refractivity contribution >= 4 is 11.7 Å². The third kappa shape index (κ3) is 3.17. The Bertz CT molecular complexity index is 1010. The first-order valence-corrected chi connectivity index (χ1v) is 8.10. The number of oxazole rings is 2. The fraction of sp³-hybridized carbons (Fsp3) is 0.100. The van der Waals surface area contributed by atoms with Crippen molar-refractivity contribution in [2.45, 2.75) is 6.92 Å². The number of nitrogens with zero attached hydrogens (tertiary/aromatic N) is 2. The highest BCUT2D eigenvalue weighted by molar-refractivity contribution is 5.71. The number of aromatic nitrogens is 2. The summed E-state index contributed by atoms with van der Waals surface area (Å²) in [4.78, 5) is 8.23. The number of benzene rings is 2. The Balaban J connectivity index is 1.57. The van der Waals surface area contributed by atoms with Crippen LogP contribution < -0.4 is 10.1 Å². The van der Waals surface area contributed by atoms with Crippen molar-refractivity contribution in [3.63, 3.8) is 0 Å². The highest BCUT2D eigenvalue weighted by atomic mass is 16.5. The topological polar surface area (TPSA) is 73.3 Å². The summed E-state index contributed by atoms with van der Waals surface area (Å²) in [6.45, 7) is 2.05. The molecule has 0 radical (unpaired) electrons. The van der Waals surface area contributed by atoms with Gasteiger partial charge < -0.3 is 18.9 Å². The van der Waals surface area contributed by atoms with Crippen LogP contribution in [0.2, 0.25) is 0 Å². The normalized spacial score (nSPS) is 10.7. The van der Waals surface area contributed by atoms with Gasteiger partial charge in [-0.1, -0.05) is 29.8 Å². The number of ether oxygens (including phenoxy) is 1. The van der Waals surface area contributed by atoms with E-state index in [1.807, 2.05) is 49.4 Å². The third-order valence-corrected chi connectivity index (χ3v) is 3.99. The lowest BCUT2D eigenvalue weighted by Crippen LogP contribution is -1.93. The first-order valence-electron chi connectivity index (χ1n) is 8.10. The van der Waals surface area contributed by atoms with Crippen LogP contribution in [0.15, 0.2) is 70.1 Å². The second kappa shape index (κ2) is 6.76. The lowest BCUT2D eigenvalue weighted by atomic mass is 10.1. The van der Waals surface area contributed by atoms with Gasteiger partial charge in [0.15, 0.2) is 17.9 Å². The maximum atomic E-state index is 5.80. The molecule has 0 aliphatic rings. The zero-order chi connectivity index (χ0) is 17.9. The Morgan fingerprint density at radius 2 is 1.85 bits per heavy atom. The number of hydrogen-bond acceptors (Lipinski definition) is 6. The van der Waals surface area contributed by atoms with Crippen molar-refractivity contribution in [2.24, 2.45) is 0 Å². The zero-order valence-electron chi connectivity index (χ0n) is 14.4. The van der Waals surface area contributed by atoms with Gasteiger partial charge in [-0.15, -0.1) is 0 Å². The minimum Gasteiger partial charge on any atom is -0.496 e. The first-order chi connectivity index (χ1) is 12.7. The maximum Gasteiger partial charge on any atom is 0.299 e. The number of nitrogens with one attached hydrogen (secondary N) is 1. The van der Waals surface area contributed by atoms with E-state index in [0.717, 1.165) is 16.8 Å². The predicted octanol–water partition coefficient (Wildman–Crippen LogP) is 5.06. The molecular weight excluding hydrogens is 330 g/mol. The van der Waals surface area contributed by atoms with E-state index in [1.54, 1.807) is 19.5 Å². The van der Waals surface area contributed by atoms with Crippen LogP contribution in [0.3, 0.4) is 0 Å². The average molecular weight is 347 g/mol. The summed E-state index contributed by atoms with van der Waals surface area (Å²) in [6, 6.07) is 14.2. The summed E-state index contributed by atoms with van der Waals surface area (Å²) >= 11 is 0. The molecule has 2 aromatic carbocycles. The summed E-state index contributed by atoms with van der Waals surface area (Å²) < 4.78 is 16.6. The van der Waals surface area contributed by atoms with Gasteiger partial charge in [0.2, 0.25) is 0 Å². The second-order valence-electron chi connectivity index (χ2n) is 5.80. The molecule has 26 heavy (non-hydrogen) atoms. The van der Waals surface area contributed by atoms with Crippen molar-refractivity contribution in [1.29, 1.82) is 0 Å². The highest BCUT2D eigenvalue weighted by Crippen LogP contribution is 2.33. The van der Waals surface area contributed by atoms with Gasteiger partial charge in [-0.2, -0.15) is 0 Å². The zero-order valence-corrected chi connectivity index (χ0v) is 14.4. The molecule has 0 aliphatic heterocycles. The molecule has 1 N–H and O–H groups in total. The molecule has 6 nitrogen and oxygen atoms in total. The van der Waals surface area contributed by atoms with E-state index in [0.29, 0.717) is 23.3 Å². The first kappa shape index (κ1) is 16.0. The number of aryl methyl sites for hydroxylation is 1. The lowest BCUT2D eigenvalue weighted by Gasteiger charge is -2.09. The average Bonchev–Trinajstić information content (AvgIpc) is 3.34. The van der Waals surface area contributed by atoms with Crippen LogP contribution in [0.1, 0.15) is 5.56 Å². The largest absolute Gasteiger partial charge is 0.496 e. The molecule has 0 atom stereocenters. The molecule has 0 saturated heterocycles. The van der Waals surface area contributed by atoms with E-state index in [1.165, 1.54) is 12.0 Å². The summed E-state index contributed by atoms with van der Waals surface area (Å²) in [7, 11) is 1.61. The third-order valence-electron chi connectivity index (χ3n) is 3.99. The Hall–Kier alpha value is -3.54. The SMILES string of the molecule is COc1cc(Nc2ncc(-c3ccc(C)cc3)o2)ccc1-c1cnco1. The van der Waals surface area contributed by atoms with Gasteiger partial charge in [-0.05, 0) is 19.1 Å². The van der Waals surface area contributed by atoms with Crippen molar-refractivity contribution < 1.29 is 13.6 Å². The number of anilines is 2. The van der Waals surface area contributed by atoms with E-state index in [-0.39, 0.29) is 0 Å². The minimum absolute atomic E-state index is 0.412. The van der Waals surface area contributed by atoms with E-state index < -0.39 is 0 Å². The van der Waals surface area contributed by atoms with Crippen LogP contribution >= 0.6 is 0 Å². The smallest absolute Gasteiger partial charge is 0.299 e. The van der Waals surface area contributed by atoms with Crippen LogP contribution in [-0.4, -0.2) is 17.1 Å². The van der Waals surface area contributed by atoms with Crippen molar-refractivity contribution in [2.75, 3.05) is 12.4 Å². The Kier molecular flexibility index (Phi) is 4.15. The Morgan fingerprint density at radius 1 is 1.00 bits per heavy atom. The van der Waals surface area contributed by atoms with Crippen LogP contribution in [0.25, 0.3) is 22.6 Å². The monoisotopic (exact) mass is 347 g/mol. The van der Waals surface area contributed by atoms with Gasteiger partial charge in [-0.25, -0.2) is 9.97 Å².